The number of hydrogen-bond acceptors (Lipinski definition) is 4. The van der Waals surface area contributed by atoms with Gasteiger partial charge in [-0.05, 0) is 60.1 Å². The Morgan fingerprint density at radius 2 is 1.86 bits per heavy atom. The molecule has 0 aliphatic rings. The molecule has 1 amide bonds. The first-order valence-corrected chi connectivity index (χ1v) is 9.81. The topological polar surface area (TPSA) is 51.7 Å². The van der Waals surface area contributed by atoms with Crippen LogP contribution in [0.15, 0.2) is 30.5 Å². The first-order chi connectivity index (χ1) is 13.6. The van der Waals surface area contributed by atoms with Gasteiger partial charge in [-0.2, -0.15) is 0 Å². The van der Waals surface area contributed by atoms with Crippen molar-refractivity contribution >= 4 is 17.9 Å². The van der Waals surface area contributed by atoms with E-state index in [1.165, 1.54) is 0 Å². The van der Waals surface area contributed by atoms with Crippen LogP contribution in [0.5, 0.6) is 5.75 Å². The van der Waals surface area contributed by atoms with Crippen molar-refractivity contribution in [3.63, 3.8) is 0 Å². The van der Waals surface area contributed by atoms with Crippen LogP contribution >= 0.6 is 0 Å². The highest BCUT2D eigenvalue weighted by atomic mass is 16.6. The summed E-state index contributed by atoms with van der Waals surface area (Å²) in [4.78, 5) is 19.4. The van der Waals surface area contributed by atoms with Gasteiger partial charge in [0.2, 0.25) is 0 Å². The molecule has 0 aliphatic heterocycles. The second-order valence-electron chi connectivity index (χ2n) is 8.12. The van der Waals surface area contributed by atoms with Gasteiger partial charge in [0.1, 0.15) is 11.4 Å². The van der Waals surface area contributed by atoms with Crippen LogP contribution < -0.4 is 9.64 Å². The van der Waals surface area contributed by atoms with E-state index in [2.05, 4.69) is 4.98 Å². The predicted octanol–water partition coefficient (Wildman–Crippen LogP) is 5.99. The molecule has 2 rings (SSSR count). The number of amides is 1. The van der Waals surface area contributed by atoms with Crippen LogP contribution in [0.3, 0.4) is 0 Å². The fourth-order valence-electron chi connectivity index (χ4n) is 3.23. The zero-order chi connectivity index (χ0) is 21.8. The highest BCUT2D eigenvalue weighted by Gasteiger charge is 2.26. The number of carbonyl (C=O) groups is 1. The lowest BCUT2D eigenvalue weighted by molar-refractivity contribution is 0.0577. The predicted molar refractivity (Wildman–Crippen MR) is 119 cm³/mol. The Morgan fingerprint density at radius 1 is 1.17 bits per heavy atom. The fraction of sp³-hybridized carbons (Fsp3) is 0.417. The summed E-state index contributed by atoms with van der Waals surface area (Å²) in [6, 6.07) is 5.92. The number of carbonyl (C=O) groups excluding carboxylic acids is 1. The van der Waals surface area contributed by atoms with Crippen molar-refractivity contribution < 1.29 is 14.3 Å². The lowest BCUT2D eigenvalue weighted by Gasteiger charge is -2.29. The summed E-state index contributed by atoms with van der Waals surface area (Å²) in [5.74, 6) is 0.789. The van der Waals surface area contributed by atoms with Crippen molar-refractivity contribution in [2.75, 3.05) is 12.0 Å². The molecule has 0 bridgehead atoms. The van der Waals surface area contributed by atoms with Gasteiger partial charge in [-0.1, -0.05) is 24.3 Å². The molecule has 1 aromatic carbocycles. The molecular formula is C24H32N2O3. The van der Waals surface area contributed by atoms with Crippen LogP contribution in [0, 0.1) is 20.8 Å². The normalized spacial score (nSPS) is 11.6. The van der Waals surface area contributed by atoms with E-state index in [4.69, 9.17) is 9.47 Å². The van der Waals surface area contributed by atoms with Crippen molar-refractivity contribution in [1.29, 1.82) is 0 Å². The molecule has 0 fully saturated rings. The number of methoxy groups -OCH3 is 1. The molecule has 0 radical (unpaired) electrons. The number of allylic oxidation sites excluding steroid dienone is 1. The molecule has 0 aliphatic carbocycles. The van der Waals surface area contributed by atoms with Crippen molar-refractivity contribution in [2.45, 2.75) is 60.6 Å². The summed E-state index contributed by atoms with van der Waals surface area (Å²) in [5, 5.41) is 0. The minimum Gasteiger partial charge on any atom is -0.496 e. The lowest BCUT2D eigenvalue weighted by atomic mass is 10.0. The van der Waals surface area contributed by atoms with Gasteiger partial charge in [-0.25, -0.2) is 4.79 Å². The first kappa shape index (κ1) is 22.5. The Bertz CT molecular complexity index is 911. The molecular weight excluding hydrogens is 364 g/mol. The van der Waals surface area contributed by atoms with E-state index in [1.807, 2.05) is 78.8 Å². The van der Waals surface area contributed by atoms with Gasteiger partial charge in [-0.15, -0.1) is 0 Å². The molecule has 0 saturated carbocycles. The number of ether oxygens (including phenoxy) is 2. The Kier molecular flexibility index (Phi) is 7.07. The molecule has 5 nitrogen and oxygen atoms in total. The van der Waals surface area contributed by atoms with Crippen LogP contribution in [0.1, 0.15) is 55.6 Å². The maximum Gasteiger partial charge on any atom is 0.415 e. The Morgan fingerprint density at radius 3 is 2.45 bits per heavy atom. The van der Waals surface area contributed by atoms with Gasteiger partial charge >= 0.3 is 6.09 Å². The molecule has 2 aromatic rings. The molecule has 1 aromatic heterocycles. The zero-order valence-electron chi connectivity index (χ0n) is 18.8. The number of hydrogen-bond donors (Lipinski definition) is 0. The van der Waals surface area contributed by atoms with Gasteiger partial charge in [0.15, 0.2) is 0 Å². The fourth-order valence-corrected chi connectivity index (χ4v) is 3.23. The van der Waals surface area contributed by atoms with Gasteiger partial charge < -0.3 is 9.47 Å². The Balaban J connectivity index is 2.59. The standard InChI is InChI=1S/C24H32N2O3/c1-9-11-19-16(2)12-10-13-21(19)26(23(27)29-24(5,6)7)15-20-18(4)22(28-8)17(3)14-25-20/h9-14H,15H2,1-8H3/b11-9-. The van der Waals surface area contributed by atoms with E-state index in [0.717, 1.165) is 39.4 Å². The van der Waals surface area contributed by atoms with Gasteiger partial charge in [-0.3, -0.25) is 9.88 Å². The van der Waals surface area contributed by atoms with Crippen LogP contribution in [0.4, 0.5) is 10.5 Å². The van der Waals surface area contributed by atoms with Gasteiger partial charge in [0.25, 0.3) is 0 Å². The third-order valence-electron chi connectivity index (χ3n) is 4.60. The zero-order valence-corrected chi connectivity index (χ0v) is 18.8. The van der Waals surface area contributed by atoms with Crippen LogP contribution in [0.25, 0.3) is 6.08 Å². The second-order valence-corrected chi connectivity index (χ2v) is 8.12. The van der Waals surface area contributed by atoms with E-state index in [0.29, 0.717) is 0 Å². The Labute approximate surface area is 174 Å². The number of aryl methyl sites for hydroxylation is 2. The quantitative estimate of drug-likeness (QED) is 0.623. The molecule has 156 valence electrons. The van der Waals surface area contributed by atoms with E-state index in [1.54, 1.807) is 18.2 Å². The number of benzene rings is 1. The van der Waals surface area contributed by atoms with Gasteiger partial charge in [0.05, 0.1) is 25.0 Å². The van der Waals surface area contributed by atoms with Gasteiger partial charge in [0, 0.05) is 22.9 Å². The molecule has 29 heavy (non-hydrogen) atoms. The molecule has 0 spiro atoms. The minimum atomic E-state index is -0.604. The molecule has 0 saturated heterocycles. The number of rotatable bonds is 5. The molecule has 0 atom stereocenters. The van der Waals surface area contributed by atoms with E-state index in [9.17, 15) is 4.79 Å². The number of pyridine rings is 1. The van der Waals surface area contributed by atoms with Crippen LogP contribution in [-0.4, -0.2) is 23.8 Å². The summed E-state index contributed by atoms with van der Waals surface area (Å²) in [7, 11) is 1.65. The van der Waals surface area contributed by atoms with E-state index in [-0.39, 0.29) is 6.54 Å². The molecule has 0 N–H and O–H groups in total. The highest BCUT2D eigenvalue weighted by molar-refractivity contribution is 5.91. The Hall–Kier alpha value is -2.82. The summed E-state index contributed by atoms with van der Waals surface area (Å²) >= 11 is 0. The smallest absolute Gasteiger partial charge is 0.415 e. The summed E-state index contributed by atoms with van der Waals surface area (Å²) in [6.07, 6.45) is 5.35. The number of anilines is 1. The average Bonchev–Trinajstić information content (AvgIpc) is 2.62. The maximum absolute atomic E-state index is 13.2. The minimum absolute atomic E-state index is 0.283. The van der Waals surface area contributed by atoms with E-state index < -0.39 is 11.7 Å². The average molecular weight is 397 g/mol. The number of aromatic nitrogens is 1. The molecule has 0 unspecified atom stereocenters. The maximum atomic E-state index is 13.2. The van der Waals surface area contributed by atoms with Crippen LogP contribution in [-0.2, 0) is 11.3 Å². The SMILES string of the molecule is C/C=C\c1c(C)cccc1N(Cc1ncc(C)c(OC)c1C)C(=O)OC(C)(C)C. The molecule has 1 heterocycles. The summed E-state index contributed by atoms with van der Waals surface area (Å²) in [6.45, 7) is 13.8. The highest BCUT2D eigenvalue weighted by Crippen LogP contribution is 2.31. The van der Waals surface area contributed by atoms with Crippen molar-refractivity contribution in [2.24, 2.45) is 0 Å². The number of nitrogens with zero attached hydrogens (tertiary/aromatic N) is 2. The second kappa shape index (κ2) is 9.12. The van der Waals surface area contributed by atoms with Crippen LogP contribution in [0.2, 0.25) is 0 Å². The van der Waals surface area contributed by atoms with Crippen molar-refractivity contribution in [3.05, 3.63) is 58.4 Å². The first-order valence-electron chi connectivity index (χ1n) is 9.81. The lowest BCUT2D eigenvalue weighted by Crippen LogP contribution is -2.37. The monoisotopic (exact) mass is 396 g/mol. The summed E-state index contributed by atoms with van der Waals surface area (Å²) < 4.78 is 11.3. The third kappa shape index (κ3) is 5.37. The third-order valence-corrected chi connectivity index (χ3v) is 4.60. The van der Waals surface area contributed by atoms with E-state index >= 15 is 0 Å². The largest absolute Gasteiger partial charge is 0.496 e. The van der Waals surface area contributed by atoms with Crippen molar-refractivity contribution in [3.8, 4) is 5.75 Å². The summed E-state index contributed by atoms with van der Waals surface area (Å²) in [5.41, 5.74) is 4.90. The van der Waals surface area contributed by atoms with Crippen molar-refractivity contribution in [1.82, 2.24) is 4.98 Å². The molecule has 5 heteroatoms.